The Bertz CT molecular complexity index is 1070. The smallest absolute Gasteiger partial charge is 0.255 e. The molecule has 2 atom stereocenters. The number of nitrogens with two attached hydrogens (primary N) is 1. The number of nitrogens with one attached hydrogen (secondary N) is 1. The van der Waals surface area contributed by atoms with Crippen LogP contribution in [0.1, 0.15) is 45.9 Å². The molecular weight excluding hydrogens is 400 g/mol. The minimum absolute atomic E-state index is 0.0376. The minimum Gasteiger partial charge on any atom is -0.338 e. The number of nitrogens with zero attached hydrogens (tertiary/aromatic N) is 2. The van der Waals surface area contributed by atoms with Gasteiger partial charge in [-0.2, -0.15) is 0 Å². The first-order chi connectivity index (χ1) is 15.5. The van der Waals surface area contributed by atoms with E-state index in [1.165, 1.54) is 5.56 Å². The molecule has 6 nitrogen and oxygen atoms in total. The summed E-state index contributed by atoms with van der Waals surface area (Å²) >= 11 is 0. The van der Waals surface area contributed by atoms with Crippen LogP contribution in [0.3, 0.4) is 0 Å². The molecule has 32 heavy (non-hydrogen) atoms. The van der Waals surface area contributed by atoms with Gasteiger partial charge in [-0.1, -0.05) is 42.0 Å². The van der Waals surface area contributed by atoms with Gasteiger partial charge in [-0.25, -0.2) is 0 Å². The van der Waals surface area contributed by atoms with Gasteiger partial charge in [-0.3, -0.25) is 14.6 Å². The van der Waals surface area contributed by atoms with Crippen molar-refractivity contribution in [3.63, 3.8) is 0 Å². The van der Waals surface area contributed by atoms with Crippen molar-refractivity contribution in [1.29, 1.82) is 0 Å². The van der Waals surface area contributed by atoms with Gasteiger partial charge in [0.15, 0.2) is 0 Å². The molecule has 6 heteroatoms. The van der Waals surface area contributed by atoms with E-state index in [1.54, 1.807) is 36.7 Å². The minimum atomic E-state index is -0.295. The fourth-order valence-electron chi connectivity index (χ4n) is 4.17. The van der Waals surface area contributed by atoms with Gasteiger partial charge in [0.05, 0.1) is 18.5 Å². The van der Waals surface area contributed by atoms with Gasteiger partial charge >= 0.3 is 0 Å². The van der Waals surface area contributed by atoms with Crippen LogP contribution in [0.2, 0.25) is 0 Å². The summed E-state index contributed by atoms with van der Waals surface area (Å²) in [5.41, 5.74) is 11.0. The molecule has 0 radical (unpaired) electrons. The van der Waals surface area contributed by atoms with E-state index in [1.807, 2.05) is 48.2 Å². The Morgan fingerprint density at radius 1 is 1.06 bits per heavy atom. The quantitative estimate of drug-likeness (QED) is 0.624. The maximum Gasteiger partial charge on any atom is 0.255 e. The fourth-order valence-corrected chi connectivity index (χ4v) is 4.17. The summed E-state index contributed by atoms with van der Waals surface area (Å²) in [5.74, 6) is -0.0766. The molecule has 1 aromatic heterocycles. The molecule has 1 fully saturated rings. The monoisotopic (exact) mass is 428 g/mol. The van der Waals surface area contributed by atoms with Gasteiger partial charge < -0.3 is 16.0 Å². The number of rotatable bonds is 6. The zero-order valence-corrected chi connectivity index (χ0v) is 18.2. The van der Waals surface area contributed by atoms with Gasteiger partial charge in [0, 0.05) is 30.2 Å². The number of likely N-dealkylation sites (tertiary alicyclic amines) is 1. The number of anilines is 1. The number of carbonyl (C=O) groups excluding carboxylic acids is 2. The van der Waals surface area contributed by atoms with Crippen LogP contribution in [0.15, 0.2) is 73.1 Å². The first-order valence-corrected chi connectivity index (χ1v) is 10.9. The van der Waals surface area contributed by atoms with Gasteiger partial charge in [0.2, 0.25) is 5.91 Å². The molecule has 0 spiro atoms. The molecule has 1 aliphatic heterocycles. The highest BCUT2D eigenvalue weighted by Crippen LogP contribution is 2.29. The number of hydrogen-bond acceptors (Lipinski definition) is 4. The van der Waals surface area contributed by atoms with Gasteiger partial charge in [-0.15, -0.1) is 0 Å². The van der Waals surface area contributed by atoms with Gasteiger partial charge in [-0.05, 0) is 55.2 Å². The van der Waals surface area contributed by atoms with Crippen LogP contribution in [0.25, 0.3) is 0 Å². The first-order valence-electron chi connectivity index (χ1n) is 10.9. The largest absolute Gasteiger partial charge is 0.338 e. The number of amides is 2. The van der Waals surface area contributed by atoms with Crippen LogP contribution in [-0.4, -0.2) is 34.3 Å². The Morgan fingerprint density at radius 2 is 1.75 bits per heavy atom. The van der Waals surface area contributed by atoms with Crippen molar-refractivity contribution in [1.82, 2.24) is 9.88 Å². The highest BCUT2D eigenvalue weighted by atomic mass is 16.2. The molecule has 3 N–H and O–H groups in total. The molecular formula is C26H28N4O2. The normalized spacial score (nSPS) is 16.6. The van der Waals surface area contributed by atoms with E-state index >= 15 is 0 Å². The molecule has 2 amide bonds. The number of carbonyl (C=O) groups is 2. The topological polar surface area (TPSA) is 88.3 Å². The van der Waals surface area contributed by atoms with E-state index in [9.17, 15) is 9.59 Å². The van der Waals surface area contributed by atoms with Crippen molar-refractivity contribution in [2.75, 3.05) is 11.9 Å². The van der Waals surface area contributed by atoms with Gasteiger partial charge in [0.1, 0.15) is 0 Å². The SMILES string of the molecule is Cc1ccc(CC(=O)N2CCCC2C(N)c2ccc(C(=O)Nc3ccncc3)cc2)cc1. The lowest BCUT2D eigenvalue weighted by molar-refractivity contribution is -0.131. The van der Waals surface area contributed by atoms with Crippen molar-refractivity contribution < 1.29 is 9.59 Å². The van der Waals surface area contributed by atoms with E-state index < -0.39 is 0 Å². The summed E-state index contributed by atoms with van der Waals surface area (Å²) in [4.78, 5) is 31.3. The van der Waals surface area contributed by atoms with Crippen LogP contribution >= 0.6 is 0 Å². The van der Waals surface area contributed by atoms with Crippen LogP contribution in [0.5, 0.6) is 0 Å². The predicted molar refractivity (Wildman–Crippen MR) is 125 cm³/mol. The Hall–Kier alpha value is -3.51. The maximum absolute atomic E-state index is 13.0. The van der Waals surface area contributed by atoms with Crippen LogP contribution in [0, 0.1) is 6.92 Å². The van der Waals surface area contributed by atoms with Crippen molar-refractivity contribution in [3.8, 4) is 0 Å². The summed E-state index contributed by atoms with van der Waals surface area (Å²) in [6.07, 6.45) is 5.48. The molecule has 164 valence electrons. The summed E-state index contributed by atoms with van der Waals surface area (Å²) in [5, 5.41) is 2.85. The van der Waals surface area contributed by atoms with E-state index in [4.69, 9.17) is 5.73 Å². The highest BCUT2D eigenvalue weighted by molar-refractivity contribution is 6.04. The molecule has 2 aromatic carbocycles. The summed E-state index contributed by atoms with van der Waals surface area (Å²) in [6.45, 7) is 2.77. The molecule has 0 aliphatic carbocycles. The van der Waals surface area contributed by atoms with Crippen LogP contribution < -0.4 is 11.1 Å². The number of aromatic nitrogens is 1. The predicted octanol–water partition coefficient (Wildman–Crippen LogP) is 3.88. The number of pyridine rings is 1. The second-order valence-electron chi connectivity index (χ2n) is 8.30. The number of hydrogen-bond donors (Lipinski definition) is 2. The zero-order valence-electron chi connectivity index (χ0n) is 18.2. The third kappa shape index (κ3) is 5.03. The number of benzene rings is 2. The Morgan fingerprint density at radius 3 is 2.44 bits per heavy atom. The van der Waals surface area contributed by atoms with Crippen molar-refractivity contribution in [2.24, 2.45) is 5.73 Å². The number of aryl methyl sites for hydroxylation is 1. The lowest BCUT2D eigenvalue weighted by Gasteiger charge is -2.30. The molecule has 1 aliphatic rings. The molecule has 0 bridgehead atoms. The second-order valence-corrected chi connectivity index (χ2v) is 8.30. The second kappa shape index (κ2) is 9.75. The molecule has 0 saturated carbocycles. The molecule has 1 saturated heterocycles. The Kier molecular flexibility index (Phi) is 6.61. The molecule has 2 unspecified atom stereocenters. The maximum atomic E-state index is 13.0. The van der Waals surface area contributed by atoms with Crippen molar-refractivity contribution in [2.45, 2.75) is 38.3 Å². The Labute approximate surface area is 188 Å². The van der Waals surface area contributed by atoms with E-state index in [2.05, 4.69) is 10.3 Å². The summed E-state index contributed by atoms with van der Waals surface area (Å²) in [7, 11) is 0. The Balaban J connectivity index is 1.41. The zero-order chi connectivity index (χ0) is 22.5. The molecule has 2 heterocycles. The van der Waals surface area contributed by atoms with Gasteiger partial charge in [0.25, 0.3) is 5.91 Å². The van der Waals surface area contributed by atoms with Crippen molar-refractivity contribution >= 4 is 17.5 Å². The third-order valence-corrected chi connectivity index (χ3v) is 6.01. The lowest BCUT2D eigenvalue weighted by atomic mass is 9.96. The lowest BCUT2D eigenvalue weighted by Crippen LogP contribution is -2.42. The molecule has 4 rings (SSSR count). The molecule has 3 aromatic rings. The third-order valence-electron chi connectivity index (χ3n) is 6.01. The highest BCUT2D eigenvalue weighted by Gasteiger charge is 2.33. The standard InChI is InChI=1S/C26H28N4O2/c1-18-4-6-19(7-5-18)17-24(31)30-16-2-3-23(30)25(27)20-8-10-21(11-9-20)26(32)29-22-12-14-28-15-13-22/h4-15,23,25H,2-3,16-17,27H2,1H3,(H,28,29,32). The van der Waals surface area contributed by atoms with Crippen LogP contribution in [-0.2, 0) is 11.2 Å². The van der Waals surface area contributed by atoms with Crippen molar-refractivity contribution in [3.05, 3.63) is 95.3 Å². The fraction of sp³-hybridized carbons (Fsp3) is 0.269. The first kappa shape index (κ1) is 21.7. The van der Waals surface area contributed by atoms with E-state index in [0.717, 1.165) is 30.5 Å². The average molecular weight is 429 g/mol. The summed E-state index contributed by atoms with van der Waals surface area (Å²) in [6, 6.07) is 18.5. The summed E-state index contributed by atoms with van der Waals surface area (Å²) < 4.78 is 0. The van der Waals surface area contributed by atoms with Crippen LogP contribution in [0.4, 0.5) is 5.69 Å². The average Bonchev–Trinajstić information content (AvgIpc) is 3.31. The van der Waals surface area contributed by atoms with E-state index in [-0.39, 0.29) is 23.9 Å². The van der Waals surface area contributed by atoms with E-state index in [0.29, 0.717) is 17.7 Å².